The molecule has 2 aliphatic heterocycles. The minimum absolute atomic E-state index is 0.0896. The lowest BCUT2D eigenvalue weighted by atomic mass is 9.99. The molecule has 1 aromatic heterocycles. The van der Waals surface area contributed by atoms with Crippen molar-refractivity contribution in [2.75, 3.05) is 13.1 Å². The van der Waals surface area contributed by atoms with E-state index in [-0.39, 0.29) is 23.8 Å². The normalized spacial score (nSPS) is 16.4. The molecule has 1 fully saturated rings. The summed E-state index contributed by atoms with van der Waals surface area (Å²) in [5.41, 5.74) is 4.78. The van der Waals surface area contributed by atoms with Gasteiger partial charge in [-0.1, -0.05) is 24.3 Å². The third-order valence-corrected chi connectivity index (χ3v) is 7.80. The smallest absolute Gasteiger partial charge is 0.406 e. The van der Waals surface area contributed by atoms with Crippen LogP contribution >= 0.6 is 0 Å². The highest BCUT2D eigenvalue weighted by molar-refractivity contribution is 6.13. The van der Waals surface area contributed by atoms with E-state index in [4.69, 9.17) is 0 Å². The van der Waals surface area contributed by atoms with Gasteiger partial charge in [0.25, 0.3) is 11.8 Å². The Balaban J connectivity index is 1.12. The van der Waals surface area contributed by atoms with Crippen molar-refractivity contribution in [2.45, 2.75) is 45.3 Å². The molecule has 2 aliphatic rings. The number of likely N-dealkylation sites (tertiary alicyclic amines) is 1. The van der Waals surface area contributed by atoms with Crippen molar-refractivity contribution in [1.82, 2.24) is 19.4 Å². The standard InChI is InChI=1S/C30H27F3N4O4/c1-18-14-19(16-35-12-10-22(11-13-35)37-25-5-3-2-4-24(25)34-29(37)40)15-21-17-36(28(39)26(18)21)27(38)20-6-8-23(9-7-20)41-30(31,32)33/h2-9,14-15,22H,10-13,16-17H2,1H3,(H,34,40). The van der Waals surface area contributed by atoms with Gasteiger partial charge in [0, 0.05) is 36.8 Å². The minimum Gasteiger partial charge on any atom is -0.406 e. The molecule has 0 aliphatic carbocycles. The van der Waals surface area contributed by atoms with Gasteiger partial charge in [0.05, 0.1) is 17.6 Å². The lowest BCUT2D eigenvalue weighted by molar-refractivity contribution is -0.274. The van der Waals surface area contributed by atoms with Gasteiger partial charge in [0.15, 0.2) is 0 Å². The number of ether oxygens (including phenoxy) is 1. The van der Waals surface area contributed by atoms with E-state index < -0.39 is 23.9 Å². The fourth-order valence-corrected chi connectivity index (χ4v) is 5.99. The summed E-state index contributed by atoms with van der Waals surface area (Å²) < 4.78 is 43.1. The number of H-pyrrole nitrogens is 1. The van der Waals surface area contributed by atoms with Crippen LogP contribution < -0.4 is 10.4 Å². The summed E-state index contributed by atoms with van der Waals surface area (Å²) in [6, 6.07) is 16.3. The first kappa shape index (κ1) is 26.8. The molecular formula is C30H27F3N4O4. The van der Waals surface area contributed by atoms with Gasteiger partial charge in [0.1, 0.15) is 5.75 Å². The topological polar surface area (TPSA) is 87.6 Å². The van der Waals surface area contributed by atoms with Crippen LogP contribution in [-0.4, -0.2) is 50.6 Å². The summed E-state index contributed by atoms with van der Waals surface area (Å²) in [5.74, 6) is -1.45. The maximum Gasteiger partial charge on any atom is 0.573 e. The number of aromatic amines is 1. The number of carbonyl (C=O) groups excluding carboxylic acids is 2. The molecule has 0 radical (unpaired) electrons. The van der Waals surface area contributed by atoms with E-state index >= 15 is 0 Å². The number of benzene rings is 3. The molecule has 3 aromatic carbocycles. The Labute approximate surface area is 232 Å². The summed E-state index contributed by atoms with van der Waals surface area (Å²) in [5, 5.41) is 0. The number of carbonyl (C=O) groups is 2. The number of imidazole rings is 1. The van der Waals surface area contributed by atoms with E-state index in [1.807, 2.05) is 47.9 Å². The Morgan fingerprint density at radius 2 is 1.73 bits per heavy atom. The first-order chi connectivity index (χ1) is 19.6. The van der Waals surface area contributed by atoms with E-state index in [0.29, 0.717) is 12.1 Å². The SMILES string of the molecule is Cc1cc(CN2CCC(n3c(=O)[nH]c4ccccc43)CC2)cc2c1C(=O)N(C(=O)c1ccc(OC(F)(F)F)cc1)C2. The molecule has 0 unspecified atom stereocenters. The van der Waals surface area contributed by atoms with Crippen LogP contribution in [0.2, 0.25) is 0 Å². The van der Waals surface area contributed by atoms with Gasteiger partial charge in [-0.05, 0) is 72.9 Å². The Bertz CT molecular complexity index is 1700. The number of aryl methyl sites for hydroxylation is 1. The largest absolute Gasteiger partial charge is 0.573 e. The molecule has 11 heteroatoms. The van der Waals surface area contributed by atoms with Crippen LogP contribution in [0.3, 0.4) is 0 Å². The van der Waals surface area contributed by atoms with Crippen molar-refractivity contribution < 1.29 is 27.5 Å². The molecule has 41 heavy (non-hydrogen) atoms. The zero-order valence-electron chi connectivity index (χ0n) is 22.2. The second kappa shape index (κ2) is 10.2. The van der Waals surface area contributed by atoms with E-state index in [9.17, 15) is 27.6 Å². The highest BCUT2D eigenvalue weighted by Crippen LogP contribution is 2.31. The molecule has 4 aromatic rings. The number of imide groups is 1. The van der Waals surface area contributed by atoms with Crippen molar-refractivity contribution in [3.63, 3.8) is 0 Å². The highest BCUT2D eigenvalue weighted by atomic mass is 19.4. The monoisotopic (exact) mass is 564 g/mol. The van der Waals surface area contributed by atoms with Crippen molar-refractivity contribution in [2.24, 2.45) is 0 Å². The lowest BCUT2D eigenvalue weighted by Crippen LogP contribution is -2.36. The van der Waals surface area contributed by atoms with Crippen LogP contribution in [0.1, 0.15) is 56.3 Å². The number of hydrogen-bond donors (Lipinski definition) is 1. The van der Waals surface area contributed by atoms with Crippen LogP contribution in [0, 0.1) is 6.92 Å². The van der Waals surface area contributed by atoms with E-state index in [0.717, 1.165) is 70.7 Å². The summed E-state index contributed by atoms with van der Waals surface area (Å²) >= 11 is 0. The van der Waals surface area contributed by atoms with E-state index in [2.05, 4.69) is 14.6 Å². The molecule has 0 bridgehead atoms. The molecule has 1 N–H and O–H groups in total. The van der Waals surface area contributed by atoms with Gasteiger partial charge in [-0.15, -0.1) is 13.2 Å². The van der Waals surface area contributed by atoms with Crippen molar-refractivity contribution >= 4 is 22.8 Å². The molecule has 1 saturated heterocycles. The number of halogens is 3. The fourth-order valence-electron chi connectivity index (χ4n) is 5.99. The van der Waals surface area contributed by atoms with Gasteiger partial charge in [-0.3, -0.25) is 24.0 Å². The number of fused-ring (bicyclic) bond motifs is 2. The molecule has 0 saturated carbocycles. The average Bonchev–Trinajstić information content (AvgIpc) is 3.44. The average molecular weight is 565 g/mol. The van der Waals surface area contributed by atoms with Crippen LogP contribution in [0.25, 0.3) is 11.0 Å². The van der Waals surface area contributed by atoms with Crippen molar-refractivity contribution in [1.29, 1.82) is 0 Å². The van der Waals surface area contributed by atoms with Crippen LogP contribution in [0.15, 0.2) is 65.5 Å². The fraction of sp³-hybridized carbons (Fsp3) is 0.300. The number of nitrogens with one attached hydrogen (secondary N) is 1. The number of hydrogen-bond acceptors (Lipinski definition) is 5. The third kappa shape index (κ3) is 5.24. The maximum absolute atomic E-state index is 13.1. The quantitative estimate of drug-likeness (QED) is 0.338. The molecule has 2 amide bonds. The Morgan fingerprint density at radius 3 is 2.44 bits per heavy atom. The maximum atomic E-state index is 13.1. The number of aromatic nitrogens is 2. The predicted octanol–water partition coefficient (Wildman–Crippen LogP) is 5.17. The molecule has 0 spiro atoms. The number of piperidine rings is 1. The van der Waals surface area contributed by atoms with Crippen molar-refractivity contribution in [3.8, 4) is 5.75 Å². The zero-order chi connectivity index (χ0) is 28.9. The number of para-hydroxylation sites is 2. The number of nitrogens with zero attached hydrogens (tertiary/aromatic N) is 3. The first-order valence-electron chi connectivity index (χ1n) is 13.3. The van der Waals surface area contributed by atoms with Crippen molar-refractivity contribution in [3.05, 3.63) is 99.0 Å². The van der Waals surface area contributed by atoms with Crippen LogP contribution in [0.5, 0.6) is 5.75 Å². The number of rotatable bonds is 5. The minimum atomic E-state index is -4.83. The summed E-state index contributed by atoms with van der Waals surface area (Å²) in [4.78, 5) is 45.2. The Kier molecular flexibility index (Phi) is 6.69. The molecular weight excluding hydrogens is 537 g/mol. The van der Waals surface area contributed by atoms with Crippen LogP contribution in [0.4, 0.5) is 13.2 Å². The van der Waals surface area contributed by atoms with Crippen LogP contribution in [-0.2, 0) is 13.1 Å². The van der Waals surface area contributed by atoms with Gasteiger partial charge < -0.3 is 9.72 Å². The van der Waals surface area contributed by atoms with Gasteiger partial charge in [-0.25, -0.2) is 4.79 Å². The van der Waals surface area contributed by atoms with E-state index in [1.165, 1.54) is 12.1 Å². The van der Waals surface area contributed by atoms with Gasteiger partial charge >= 0.3 is 12.1 Å². The first-order valence-corrected chi connectivity index (χ1v) is 13.3. The Hall–Kier alpha value is -4.38. The van der Waals surface area contributed by atoms with Gasteiger partial charge in [0.2, 0.25) is 0 Å². The molecule has 8 nitrogen and oxygen atoms in total. The molecule has 6 rings (SSSR count). The predicted molar refractivity (Wildman–Crippen MR) is 145 cm³/mol. The molecule has 212 valence electrons. The summed E-state index contributed by atoms with van der Waals surface area (Å²) in [6.07, 6.45) is -3.17. The Morgan fingerprint density at radius 1 is 1.02 bits per heavy atom. The second-order valence-corrected chi connectivity index (χ2v) is 10.5. The van der Waals surface area contributed by atoms with Gasteiger partial charge in [-0.2, -0.15) is 0 Å². The summed E-state index contributed by atoms with van der Waals surface area (Å²) in [6.45, 7) is 4.22. The molecule has 3 heterocycles. The highest BCUT2D eigenvalue weighted by Gasteiger charge is 2.35. The number of amides is 2. The lowest BCUT2D eigenvalue weighted by Gasteiger charge is -2.32. The van der Waals surface area contributed by atoms with E-state index in [1.54, 1.807) is 0 Å². The second-order valence-electron chi connectivity index (χ2n) is 10.5. The molecule has 0 atom stereocenters. The summed E-state index contributed by atoms with van der Waals surface area (Å²) in [7, 11) is 0. The zero-order valence-corrected chi connectivity index (χ0v) is 22.2. The number of alkyl halides is 3. The third-order valence-electron chi connectivity index (χ3n) is 7.80.